The number of hydrogen-bond donors (Lipinski definition) is 0. The van der Waals surface area contributed by atoms with Crippen molar-refractivity contribution in [2.45, 2.75) is 26.4 Å². The smallest absolute Gasteiger partial charge is 0.258 e. The van der Waals surface area contributed by atoms with Crippen LogP contribution in [0.4, 0.5) is 0 Å². The lowest BCUT2D eigenvalue weighted by molar-refractivity contribution is 0.229. The highest BCUT2D eigenvalue weighted by Crippen LogP contribution is 2.26. The van der Waals surface area contributed by atoms with Crippen LogP contribution in [0.3, 0.4) is 0 Å². The highest BCUT2D eigenvalue weighted by atomic mass is 35.5. The molecule has 0 spiro atoms. The standard InChI is InChI=1S/C21H19Cl2N5O2/c1-2-9-27(12-15-10-20(29)28-11-14(22)7-8-18(28)24-15)13-19-25-26-21(30-19)16-5-3-4-6-17(16)23/h3-8,10-11H,2,9,12-13H2,1H3. The van der Waals surface area contributed by atoms with Crippen LogP contribution in [0.25, 0.3) is 17.1 Å². The van der Waals surface area contributed by atoms with Crippen LogP contribution in [0.15, 0.2) is 57.9 Å². The Hall–Kier alpha value is -2.74. The van der Waals surface area contributed by atoms with E-state index < -0.39 is 0 Å². The number of hydrogen-bond acceptors (Lipinski definition) is 6. The van der Waals surface area contributed by atoms with Gasteiger partial charge in [-0.3, -0.25) is 14.1 Å². The Labute approximate surface area is 182 Å². The molecule has 0 N–H and O–H groups in total. The first kappa shape index (κ1) is 20.5. The van der Waals surface area contributed by atoms with Crippen molar-refractivity contribution in [1.29, 1.82) is 0 Å². The fraction of sp³-hybridized carbons (Fsp3) is 0.238. The molecule has 4 aromatic rings. The van der Waals surface area contributed by atoms with E-state index in [9.17, 15) is 4.79 Å². The molecular formula is C21H19Cl2N5O2. The monoisotopic (exact) mass is 443 g/mol. The first-order valence-electron chi connectivity index (χ1n) is 9.51. The molecule has 0 aliphatic heterocycles. The minimum atomic E-state index is -0.173. The molecule has 0 aliphatic rings. The van der Waals surface area contributed by atoms with Crippen LogP contribution in [0.1, 0.15) is 24.9 Å². The molecule has 1 aromatic carbocycles. The van der Waals surface area contributed by atoms with Gasteiger partial charge in [0.25, 0.3) is 5.56 Å². The molecule has 0 aliphatic carbocycles. The number of aromatic nitrogens is 4. The van der Waals surface area contributed by atoms with E-state index >= 15 is 0 Å². The average Bonchev–Trinajstić information content (AvgIpc) is 3.17. The highest BCUT2D eigenvalue weighted by Gasteiger charge is 2.16. The Kier molecular flexibility index (Phi) is 6.13. The summed E-state index contributed by atoms with van der Waals surface area (Å²) in [4.78, 5) is 19.1. The fourth-order valence-corrected chi connectivity index (χ4v) is 3.60. The zero-order valence-electron chi connectivity index (χ0n) is 16.3. The lowest BCUT2D eigenvalue weighted by Crippen LogP contribution is -2.26. The first-order chi connectivity index (χ1) is 14.5. The van der Waals surface area contributed by atoms with Crippen molar-refractivity contribution in [2.75, 3.05) is 6.54 Å². The number of fused-ring (bicyclic) bond motifs is 1. The van der Waals surface area contributed by atoms with Gasteiger partial charge < -0.3 is 4.42 Å². The number of nitrogens with zero attached hydrogens (tertiary/aromatic N) is 5. The first-order valence-corrected chi connectivity index (χ1v) is 10.3. The molecule has 0 atom stereocenters. The van der Waals surface area contributed by atoms with Gasteiger partial charge >= 0.3 is 0 Å². The second-order valence-corrected chi connectivity index (χ2v) is 7.70. The fourth-order valence-electron chi connectivity index (χ4n) is 3.22. The predicted octanol–water partition coefficient (Wildman–Crippen LogP) is 4.46. The van der Waals surface area contributed by atoms with Gasteiger partial charge in [0.05, 0.1) is 27.8 Å². The minimum Gasteiger partial charge on any atom is -0.419 e. The summed E-state index contributed by atoms with van der Waals surface area (Å²) in [5.74, 6) is 0.855. The molecule has 0 fully saturated rings. The average molecular weight is 444 g/mol. The third-order valence-corrected chi connectivity index (χ3v) is 5.09. The maximum Gasteiger partial charge on any atom is 0.258 e. The summed E-state index contributed by atoms with van der Waals surface area (Å²) in [7, 11) is 0. The summed E-state index contributed by atoms with van der Waals surface area (Å²) < 4.78 is 7.26. The van der Waals surface area contributed by atoms with Gasteiger partial charge in [0.2, 0.25) is 11.8 Å². The Morgan fingerprint density at radius 2 is 1.93 bits per heavy atom. The maximum absolute atomic E-state index is 12.4. The van der Waals surface area contributed by atoms with E-state index in [0.29, 0.717) is 51.8 Å². The molecule has 30 heavy (non-hydrogen) atoms. The van der Waals surface area contributed by atoms with Crippen molar-refractivity contribution < 1.29 is 4.42 Å². The van der Waals surface area contributed by atoms with Crippen molar-refractivity contribution in [3.63, 3.8) is 0 Å². The number of pyridine rings is 1. The molecule has 7 nitrogen and oxygen atoms in total. The second kappa shape index (κ2) is 8.95. The maximum atomic E-state index is 12.4. The van der Waals surface area contributed by atoms with E-state index in [2.05, 4.69) is 27.0 Å². The third kappa shape index (κ3) is 4.53. The predicted molar refractivity (Wildman–Crippen MR) is 116 cm³/mol. The Morgan fingerprint density at radius 1 is 1.10 bits per heavy atom. The molecule has 4 rings (SSSR count). The summed E-state index contributed by atoms with van der Waals surface area (Å²) in [5.41, 5.74) is 1.74. The lowest BCUT2D eigenvalue weighted by atomic mass is 10.2. The quantitative estimate of drug-likeness (QED) is 0.419. The molecule has 0 amide bonds. The van der Waals surface area contributed by atoms with E-state index in [0.717, 1.165) is 13.0 Å². The third-order valence-electron chi connectivity index (χ3n) is 4.53. The summed E-state index contributed by atoms with van der Waals surface area (Å²) in [6, 6.07) is 12.3. The molecule has 0 saturated carbocycles. The van der Waals surface area contributed by atoms with Gasteiger partial charge in [-0.25, -0.2) is 4.98 Å². The van der Waals surface area contributed by atoms with Gasteiger partial charge in [0, 0.05) is 18.8 Å². The second-order valence-electron chi connectivity index (χ2n) is 6.85. The zero-order valence-corrected chi connectivity index (χ0v) is 17.8. The minimum absolute atomic E-state index is 0.173. The normalized spacial score (nSPS) is 11.5. The van der Waals surface area contributed by atoms with Crippen LogP contribution in [0.5, 0.6) is 0 Å². The van der Waals surface area contributed by atoms with E-state index in [-0.39, 0.29) is 5.56 Å². The van der Waals surface area contributed by atoms with E-state index in [1.54, 1.807) is 24.4 Å². The van der Waals surface area contributed by atoms with Gasteiger partial charge in [-0.1, -0.05) is 42.3 Å². The molecular weight excluding hydrogens is 425 g/mol. The lowest BCUT2D eigenvalue weighted by Gasteiger charge is -2.19. The molecule has 9 heteroatoms. The van der Waals surface area contributed by atoms with Gasteiger partial charge in [0.15, 0.2) is 0 Å². The van der Waals surface area contributed by atoms with Gasteiger partial charge in [0.1, 0.15) is 5.65 Å². The van der Waals surface area contributed by atoms with Crippen molar-refractivity contribution in [3.8, 4) is 11.5 Å². The number of benzene rings is 1. The molecule has 0 saturated heterocycles. The number of halogens is 2. The summed E-state index contributed by atoms with van der Waals surface area (Å²) >= 11 is 12.2. The molecule has 3 aromatic heterocycles. The van der Waals surface area contributed by atoms with E-state index in [4.69, 9.17) is 27.6 Å². The van der Waals surface area contributed by atoms with Crippen LogP contribution < -0.4 is 5.56 Å². The topological polar surface area (TPSA) is 76.5 Å². The molecule has 0 radical (unpaired) electrons. The molecule has 0 bridgehead atoms. The van der Waals surface area contributed by atoms with Crippen LogP contribution in [0.2, 0.25) is 10.0 Å². The summed E-state index contributed by atoms with van der Waals surface area (Å²) in [5, 5.41) is 9.32. The summed E-state index contributed by atoms with van der Waals surface area (Å²) in [6.45, 7) is 3.78. The molecule has 3 heterocycles. The van der Waals surface area contributed by atoms with Crippen LogP contribution in [-0.4, -0.2) is 31.0 Å². The molecule has 154 valence electrons. The van der Waals surface area contributed by atoms with Crippen LogP contribution in [-0.2, 0) is 13.1 Å². The Morgan fingerprint density at radius 3 is 2.73 bits per heavy atom. The molecule has 0 unspecified atom stereocenters. The Bertz CT molecular complexity index is 1240. The van der Waals surface area contributed by atoms with Crippen molar-refractivity contribution in [1.82, 2.24) is 24.5 Å². The van der Waals surface area contributed by atoms with Gasteiger partial charge in [-0.05, 0) is 37.2 Å². The van der Waals surface area contributed by atoms with Crippen molar-refractivity contribution >= 4 is 28.8 Å². The SMILES string of the molecule is CCCN(Cc1cc(=O)n2cc(Cl)ccc2n1)Cc1nnc(-c2ccccc2Cl)o1. The van der Waals surface area contributed by atoms with Crippen LogP contribution >= 0.6 is 23.2 Å². The van der Waals surface area contributed by atoms with Crippen molar-refractivity contribution in [3.05, 3.63) is 80.6 Å². The Balaban J connectivity index is 1.55. The van der Waals surface area contributed by atoms with Crippen molar-refractivity contribution in [2.24, 2.45) is 0 Å². The van der Waals surface area contributed by atoms with E-state index in [1.807, 2.05) is 18.2 Å². The number of rotatable bonds is 7. The summed E-state index contributed by atoms with van der Waals surface area (Å²) in [6.07, 6.45) is 2.49. The van der Waals surface area contributed by atoms with Gasteiger partial charge in [-0.15, -0.1) is 10.2 Å². The van der Waals surface area contributed by atoms with Crippen LogP contribution in [0, 0.1) is 0 Å². The van der Waals surface area contributed by atoms with E-state index in [1.165, 1.54) is 10.5 Å². The van der Waals surface area contributed by atoms with Gasteiger partial charge in [-0.2, -0.15) is 0 Å². The zero-order chi connectivity index (χ0) is 21.1. The highest BCUT2D eigenvalue weighted by molar-refractivity contribution is 6.33. The largest absolute Gasteiger partial charge is 0.419 e.